The van der Waals surface area contributed by atoms with Gasteiger partial charge in [0, 0.05) is 27.3 Å². The van der Waals surface area contributed by atoms with E-state index in [-0.39, 0.29) is 0 Å². The van der Waals surface area contributed by atoms with Crippen LogP contribution in [0.4, 0.5) is 0 Å². The minimum atomic E-state index is 0.731. The molecule has 1 aromatic rings. The third-order valence-corrected chi connectivity index (χ3v) is 5.22. The first kappa shape index (κ1) is 10.1. The van der Waals surface area contributed by atoms with Crippen LogP contribution in [-0.2, 0) is 6.54 Å². The van der Waals surface area contributed by atoms with E-state index in [1.54, 1.807) is 0 Å². The smallest absolute Gasteiger partial charge is 0.0302 e. The first-order valence-electron chi connectivity index (χ1n) is 5.46. The van der Waals surface area contributed by atoms with E-state index in [2.05, 4.69) is 44.8 Å². The number of hydrogen-bond donors (Lipinski definition) is 1. The number of fused-ring (bicyclic) bond motifs is 1. The summed E-state index contributed by atoms with van der Waals surface area (Å²) in [6.07, 6.45) is 7.42. The van der Waals surface area contributed by atoms with Crippen LogP contribution in [0.1, 0.15) is 17.7 Å². The highest BCUT2D eigenvalue weighted by Gasteiger charge is 2.40. The molecular weight excluding hydrogens is 270 g/mol. The number of allylic oxidation sites excluding steroid dienone is 1. The SMILES string of the molecule is Brc1csc(CNC2CC3CC=CC32)c1. The minimum absolute atomic E-state index is 0.731. The van der Waals surface area contributed by atoms with Gasteiger partial charge < -0.3 is 5.32 Å². The molecule has 0 radical (unpaired) electrons. The maximum atomic E-state index is 3.66. The fourth-order valence-corrected chi connectivity index (χ4v) is 4.03. The summed E-state index contributed by atoms with van der Waals surface area (Å²) in [6, 6.07) is 2.94. The number of hydrogen-bond acceptors (Lipinski definition) is 2. The Labute approximate surface area is 103 Å². The number of thiophene rings is 1. The molecule has 2 aliphatic rings. The van der Waals surface area contributed by atoms with Gasteiger partial charge in [-0.15, -0.1) is 11.3 Å². The quantitative estimate of drug-likeness (QED) is 0.837. The molecule has 0 bridgehead atoms. The average Bonchev–Trinajstić information content (AvgIpc) is 2.75. The standard InChI is InChI=1S/C12H14BrNS/c13-9-5-10(15-7-9)6-14-12-4-8-2-1-3-11(8)12/h1,3,5,7-8,11-12,14H,2,4,6H2. The van der Waals surface area contributed by atoms with Crippen molar-refractivity contribution in [1.82, 2.24) is 5.32 Å². The summed E-state index contributed by atoms with van der Waals surface area (Å²) in [4.78, 5) is 1.42. The zero-order valence-electron chi connectivity index (χ0n) is 8.45. The Bertz CT molecular complexity index is 385. The first-order chi connectivity index (χ1) is 7.33. The molecule has 0 aromatic carbocycles. The van der Waals surface area contributed by atoms with Gasteiger partial charge in [0.1, 0.15) is 0 Å². The molecule has 3 unspecified atom stereocenters. The van der Waals surface area contributed by atoms with Crippen LogP contribution in [0.3, 0.4) is 0 Å². The lowest BCUT2D eigenvalue weighted by molar-refractivity contribution is 0.162. The lowest BCUT2D eigenvalue weighted by Gasteiger charge is -2.40. The Morgan fingerprint density at radius 2 is 2.47 bits per heavy atom. The maximum Gasteiger partial charge on any atom is 0.0302 e. The third kappa shape index (κ3) is 1.93. The van der Waals surface area contributed by atoms with Crippen LogP contribution in [-0.4, -0.2) is 6.04 Å². The van der Waals surface area contributed by atoms with Crippen molar-refractivity contribution in [3.63, 3.8) is 0 Å². The van der Waals surface area contributed by atoms with Crippen molar-refractivity contribution in [2.45, 2.75) is 25.4 Å². The van der Waals surface area contributed by atoms with Crippen LogP contribution in [0.2, 0.25) is 0 Å². The second-order valence-electron chi connectivity index (χ2n) is 4.46. The molecule has 0 saturated heterocycles. The van der Waals surface area contributed by atoms with Gasteiger partial charge in [0.2, 0.25) is 0 Å². The molecule has 1 N–H and O–H groups in total. The van der Waals surface area contributed by atoms with Crippen molar-refractivity contribution in [2.75, 3.05) is 0 Å². The molecule has 1 fully saturated rings. The van der Waals surface area contributed by atoms with Crippen LogP contribution in [0.15, 0.2) is 28.1 Å². The molecular formula is C12H14BrNS. The van der Waals surface area contributed by atoms with Gasteiger partial charge in [-0.25, -0.2) is 0 Å². The van der Waals surface area contributed by atoms with E-state index in [0.29, 0.717) is 0 Å². The van der Waals surface area contributed by atoms with Crippen molar-refractivity contribution in [3.8, 4) is 0 Å². The van der Waals surface area contributed by atoms with Gasteiger partial charge in [0.25, 0.3) is 0 Å². The van der Waals surface area contributed by atoms with E-state index >= 15 is 0 Å². The zero-order chi connectivity index (χ0) is 10.3. The van der Waals surface area contributed by atoms with Crippen molar-refractivity contribution in [2.24, 2.45) is 11.8 Å². The molecule has 3 atom stereocenters. The summed E-state index contributed by atoms with van der Waals surface area (Å²) >= 11 is 5.31. The summed E-state index contributed by atoms with van der Waals surface area (Å²) in [5.74, 6) is 1.78. The van der Waals surface area contributed by atoms with Gasteiger partial charge in [0.15, 0.2) is 0 Å². The molecule has 1 nitrogen and oxygen atoms in total. The van der Waals surface area contributed by atoms with E-state index in [1.165, 1.54) is 22.2 Å². The van der Waals surface area contributed by atoms with E-state index in [4.69, 9.17) is 0 Å². The van der Waals surface area contributed by atoms with Crippen molar-refractivity contribution in [3.05, 3.63) is 32.9 Å². The maximum absolute atomic E-state index is 3.66. The lowest BCUT2D eigenvalue weighted by Crippen LogP contribution is -2.47. The second-order valence-corrected chi connectivity index (χ2v) is 6.37. The molecule has 1 aromatic heterocycles. The largest absolute Gasteiger partial charge is 0.308 e. The third-order valence-electron chi connectivity index (χ3n) is 3.52. The number of halogens is 1. The predicted molar refractivity (Wildman–Crippen MR) is 68.0 cm³/mol. The Hall–Kier alpha value is -0.120. The van der Waals surface area contributed by atoms with Gasteiger partial charge in [0.05, 0.1) is 0 Å². The van der Waals surface area contributed by atoms with Crippen LogP contribution >= 0.6 is 27.3 Å². The number of nitrogens with one attached hydrogen (secondary N) is 1. The summed E-state index contributed by atoms with van der Waals surface area (Å²) in [7, 11) is 0. The Morgan fingerprint density at radius 1 is 1.53 bits per heavy atom. The molecule has 0 spiro atoms. The Morgan fingerprint density at radius 3 is 3.20 bits per heavy atom. The molecule has 0 amide bonds. The molecule has 1 heterocycles. The molecule has 1 saturated carbocycles. The highest BCUT2D eigenvalue weighted by Crippen LogP contribution is 2.42. The van der Waals surface area contributed by atoms with Gasteiger partial charge in [-0.3, -0.25) is 0 Å². The van der Waals surface area contributed by atoms with Gasteiger partial charge in [-0.2, -0.15) is 0 Å². The summed E-state index contributed by atoms with van der Waals surface area (Å²) in [6.45, 7) is 1.03. The van der Waals surface area contributed by atoms with Gasteiger partial charge in [-0.05, 0) is 46.7 Å². The van der Waals surface area contributed by atoms with Crippen LogP contribution in [0.5, 0.6) is 0 Å². The van der Waals surface area contributed by atoms with Crippen molar-refractivity contribution in [1.29, 1.82) is 0 Å². The predicted octanol–water partition coefficient (Wildman–Crippen LogP) is 3.56. The average molecular weight is 284 g/mol. The highest BCUT2D eigenvalue weighted by atomic mass is 79.9. The zero-order valence-corrected chi connectivity index (χ0v) is 10.9. The molecule has 2 aliphatic carbocycles. The fraction of sp³-hybridized carbons (Fsp3) is 0.500. The van der Waals surface area contributed by atoms with Crippen molar-refractivity contribution < 1.29 is 0 Å². The van der Waals surface area contributed by atoms with Crippen LogP contribution in [0, 0.1) is 11.8 Å². The summed E-state index contributed by atoms with van der Waals surface area (Å²) in [5.41, 5.74) is 0. The minimum Gasteiger partial charge on any atom is -0.308 e. The highest BCUT2D eigenvalue weighted by molar-refractivity contribution is 9.10. The topological polar surface area (TPSA) is 12.0 Å². The fourth-order valence-electron chi connectivity index (χ4n) is 2.63. The molecule has 15 heavy (non-hydrogen) atoms. The lowest BCUT2D eigenvalue weighted by atomic mass is 9.71. The summed E-state index contributed by atoms with van der Waals surface area (Å²) < 4.78 is 1.21. The van der Waals surface area contributed by atoms with Gasteiger partial charge in [-0.1, -0.05) is 12.2 Å². The Balaban J connectivity index is 1.53. The van der Waals surface area contributed by atoms with E-state index < -0.39 is 0 Å². The number of rotatable bonds is 3. The van der Waals surface area contributed by atoms with Gasteiger partial charge >= 0.3 is 0 Å². The van der Waals surface area contributed by atoms with E-state index in [0.717, 1.165) is 24.4 Å². The van der Waals surface area contributed by atoms with Crippen LogP contribution < -0.4 is 5.32 Å². The molecule has 3 heteroatoms. The second kappa shape index (κ2) is 4.04. The van der Waals surface area contributed by atoms with E-state index in [9.17, 15) is 0 Å². The van der Waals surface area contributed by atoms with Crippen molar-refractivity contribution >= 4 is 27.3 Å². The molecule has 80 valence electrons. The summed E-state index contributed by atoms with van der Waals surface area (Å²) in [5, 5.41) is 5.81. The molecule has 3 rings (SSSR count). The normalized spacial score (nSPS) is 32.7. The van der Waals surface area contributed by atoms with Crippen LogP contribution in [0.25, 0.3) is 0 Å². The monoisotopic (exact) mass is 283 g/mol. The molecule has 0 aliphatic heterocycles. The first-order valence-corrected chi connectivity index (χ1v) is 7.13. The van der Waals surface area contributed by atoms with E-state index in [1.807, 2.05) is 11.3 Å². The Kier molecular flexibility index (Phi) is 2.71.